The number of para-hydroxylation sites is 1. The molecule has 1 amide bonds. The minimum absolute atomic E-state index is 0.144. The molecule has 0 spiro atoms. The number of nitrogens with one attached hydrogen (secondary N) is 2. The Balaban J connectivity index is 1.46. The molecule has 0 aliphatic carbocycles. The second kappa shape index (κ2) is 7.27. The number of hydrogen-bond acceptors (Lipinski definition) is 4. The van der Waals surface area contributed by atoms with E-state index in [0.29, 0.717) is 25.8 Å². The lowest BCUT2D eigenvalue weighted by Gasteiger charge is -2.12. The molecule has 2 aromatic rings. The van der Waals surface area contributed by atoms with Gasteiger partial charge in [0.25, 0.3) is 0 Å². The van der Waals surface area contributed by atoms with E-state index in [-0.39, 0.29) is 5.91 Å². The maximum Gasteiger partial charge on any atom is 0.320 e. The second-order valence-electron chi connectivity index (χ2n) is 5.86. The summed E-state index contributed by atoms with van der Waals surface area (Å²) < 4.78 is 1.80. The highest BCUT2D eigenvalue weighted by atomic mass is 16.4. The Morgan fingerprint density at radius 1 is 1.25 bits per heavy atom. The van der Waals surface area contributed by atoms with Crippen molar-refractivity contribution in [2.45, 2.75) is 31.3 Å². The summed E-state index contributed by atoms with van der Waals surface area (Å²) in [6.07, 6.45) is 5.43. The van der Waals surface area contributed by atoms with E-state index in [1.165, 1.54) is 0 Å². The summed E-state index contributed by atoms with van der Waals surface area (Å²) in [6.45, 7) is 0.495. The number of aromatic nitrogens is 2. The SMILES string of the molecule is O=C(O)[C@@H]1CC[C@H](C(=O)NCCc2cnn(-c3ccccc3)c2)N1. The monoisotopic (exact) mass is 328 g/mol. The first-order valence-corrected chi connectivity index (χ1v) is 7.99. The molecule has 7 heteroatoms. The van der Waals surface area contributed by atoms with Crippen molar-refractivity contribution >= 4 is 11.9 Å². The number of carboxylic acids is 1. The largest absolute Gasteiger partial charge is 0.480 e. The standard InChI is InChI=1S/C17H20N4O3/c22-16(14-6-7-15(20-14)17(23)24)18-9-8-12-10-19-21(11-12)13-4-2-1-3-5-13/h1-5,10-11,14-15,20H,6-9H2,(H,18,22)(H,23,24)/t14-,15+/m1/s1. The Morgan fingerprint density at radius 3 is 2.71 bits per heavy atom. The molecule has 3 N–H and O–H groups in total. The minimum Gasteiger partial charge on any atom is -0.480 e. The summed E-state index contributed by atoms with van der Waals surface area (Å²) in [5, 5.41) is 18.9. The Kier molecular flexibility index (Phi) is 4.90. The maximum atomic E-state index is 12.0. The average Bonchev–Trinajstić information content (AvgIpc) is 3.25. The van der Waals surface area contributed by atoms with Crippen LogP contribution in [-0.2, 0) is 16.0 Å². The predicted molar refractivity (Wildman–Crippen MR) is 87.9 cm³/mol. The van der Waals surface area contributed by atoms with Crippen molar-refractivity contribution < 1.29 is 14.7 Å². The molecule has 7 nitrogen and oxygen atoms in total. The van der Waals surface area contributed by atoms with Crippen LogP contribution in [0, 0.1) is 0 Å². The van der Waals surface area contributed by atoms with Gasteiger partial charge in [-0.2, -0.15) is 5.10 Å². The minimum atomic E-state index is -0.904. The van der Waals surface area contributed by atoms with E-state index < -0.39 is 18.1 Å². The Morgan fingerprint density at radius 2 is 2.00 bits per heavy atom. The Hall–Kier alpha value is -2.67. The fourth-order valence-electron chi connectivity index (χ4n) is 2.81. The van der Waals surface area contributed by atoms with Gasteiger partial charge in [-0.15, -0.1) is 0 Å². The molecule has 2 atom stereocenters. The summed E-state index contributed by atoms with van der Waals surface area (Å²) in [5.41, 5.74) is 2.02. The van der Waals surface area contributed by atoms with Crippen molar-refractivity contribution in [2.24, 2.45) is 0 Å². The van der Waals surface area contributed by atoms with Gasteiger partial charge >= 0.3 is 5.97 Å². The summed E-state index contributed by atoms with van der Waals surface area (Å²) in [5.74, 6) is -1.05. The Bertz CT molecular complexity index is 714. The van der Waals surface area contributed by atoms with E-state index in [4.69, 9.17) is 5.11 Å². The number of carbonyl (C=O) groups is 2. The highest BCUT2D eigenvalue weighted by molar-refractivity contribution is 5.84. The lowest BCUT2D eigenvalue weighted by atomic mass is 10.2. The molecule has 126 valence electrons. The molecule has 1 fully saturated rings. The lowest BCUT2D eigenvalue weighted by molar-refractivity contribution is -0.139. The van der Waals surface area contributed by atoms with Gasteiger partial charge in [0.05, 0.1) is 17.9 Å². The van der Waals surface area contributed by atoms with Crippen molar-refractivity contribution in [2.75, 3.05) is 6.54 Å². The number of rotatable bonds is 6. The van der Waals surface area contributed by atoms with E-state index in [1.807, 2.05) is 36.5 Å². The van der Waals surface area contributed by atoms with E-state index in [9.17, 15) is 9.59 Å². The molecule has 3 rings (SSSR count). The fourth-order valence-corrected chi connectivity index (χ4v) is 2.81. The van der Waals surface area contributed by atoms with E-state index in [2.05, 4.69) is 15.7 Å². The van der Waals surface area contributed by atoms with Gasteiger partial charge in [-0.25, -0.2) is 4.68 Å². The third kappa shape index (κ3) is 3.80. The van der Waals surface area contributed by atoms with Crippen LogP contribution in [-0.4, -0.2) is 45.4 Å². The number of carboxylic acid groups (broad SMARTS) is 1. The average molecular weight is 328 g/mol. The third-order valence-corrected chi connectivity index (χ3v) is 4.13. The number of benzene rings is 1. The van der Waals surface area contributed by atoms with Gasteiger partial charge in [-0.05, 0) is 37.0 Å². The number of aliphatic carboxylic acids is 1. The fraction of sp³-hybridized carbons (Fsp3) is 0.353. The van der Waals surface area contributed by atoms with Crippen LogP contribution >= 0.6 is 0 Å². The smallest absolute Gasteiger partial charge is 0.320 e. The first-order chi connectivity index (χ1) is 11.6. The van der Waals surface area contributed by atoms with Crippen molar-refractivity contribution in [3.63, 3.8) is 0 Å². The normalized spacial score (nSPS) is 20.0. The van der Waals surface area contributed by atoms with Crippen molar-refractivity contribution in [3.05, 3.63) is 48.3 Å². The quantitative estimate of drug-likeness (QED) is 0.727. The third-order valence-electron chi connectivity index (χ3n) is 4.13. The van der Waals surface area contributed by atoms with E-state index in [0.717, 1.165) is 11.3 Å². The molecule has 1 aliphatic rings. The van der Waals surface area contributed by atoms with Crippen molar-refractivity contribution in [1.82, 2.24) is 20.4 Å². The highest BCUT2D eigenvalue weighted by Gasteiger charge is 2.32. The zero-order valence-electron chi connectivity index (χ0n) is 13.2. The van der Waals surface area contributed by atoms with Crippen LogP contribution in [0.25, 0.3) is 5.69 Å². The van der Waals surface area contributed by atoms with Gasteiger partial charge in [0.1, 0.15) is 6.04 Å². The zero-order chi connectivity index (χ0) is 16.9. The van der Waals surface area contributed by atoms with Crippen LogP contribution in [0.1, 0.15) is 18.4 Å². The summed E-state index contributed by atoms with van der Waals surface area (Å²) in [6, 6.07) is 8.77. The topological polar surface area (TPSA) is 96.2 Å². The molecule has 2 heterocycles. The lowest BCUT2D eigenvalue weighted by Crippen LogP contribution is -2.45. The highest BCUT2D eigenvalue weighted by Crippen LogP contribution is 2.12. The van der Waals surface area contributed by atoms with Gasteiger partial charge in [-0.3, -0.25) is 14.9 Å². The number of nitrogens with zero attached hydrogens (tertiary/aromatic N) is 2. The van der Waals surface area contributed by atoms with Gasteiger partial charge in [-0.1, -0.05) is 18.2 Å². The first-order valence-electron chi connectivity index (χ1n) is 7.99. The predicted octanol–water partition coefficient (Wildman–Crippen LogP) is 0.736. The molecule has 24 heavy (non-hydrogen) atoms. The molecule has 0 radical (unpaired) electrons. The summed E-state index contributed by atoms with van der Waals surface area (Å²) >= 11 is 0. The summed E-state index contributed by atoms with van der Waals surface area (Å²) in [7, 11) is 0. The molecule has 1 saturated heterocycles. The van der Waals surface area contributed by atoms with Gasteiger partial charge < -0.3 is 10.4 Å². The molecular formula is C17H20N4O3. The number of carbonyl (C=O) groups excluding carboxylic acids is 1. The molecule has 1 aliphatic heterocycles. The molecule has 0 bridgehead atoms. The van der Waals surface area contributed by atoms with Crippen LogP contribution in [0.5, 0.6) is 0 Å². The number of amides is 1. The van der Waals surface area contributed by atoms with Gasteiger partial charge in [0.2, 0.25) is 5.91 Å². The van der Waals surface area contributed by atoms with Gasteiger partial charge in [0.15, 0.2) is 0 Å². The maximum absolute atomic E-state index is 12.0. The van der Waals surface area contributed by atoms with E-state index >= 15 is 0 Å². The van der Waals surface area contributed by atoms with Crippen molar-refractivity contribution in [3.8, 4) is 5.69 Å². The molecule has 1 aromatic heterocycles. The first kappa shape index (κ1) is 16.2. The Labute approximate surface area is 139 Å². The molecule has 0 unspecified atom stereocenters. The van der Waals surface area contributed by atoms with Gasteiger partial charge in [0, 0.05) is 12.7 Å². The molecule has 1 aromatic carbocycles. The zero-order valence-corrected chi connectivity index (χ0v) is 13.2. The molecular weight excluding hydrogens is 308 g/mol. The summed E-state index contributed by atoms with van der Waals surface area (Å²) in [4.78, 5) is 22.9. The van der Waals surface area contributed by atoms with Crippen LogP contribution in [0.4, 0.5) is 0 Å². The van der Waals surface area contributed by atoms with Crippen LogP contribution in [0.15, 0.2) is 42.7 Å². The van der Waals surface area contributed by atoms with Crippen LogP contribution in [0.2, 0.25) is 0 Å². The van der Waals surface area contributed by atoms with Crippen LogP contribution in [0.3, 0.4) is 0 Å². The van der Waals surface area contributed by atoms with Crippen molar-refractivity contribution in [1.29, 1.82) is 0 Å². The van der Waals surface area contributed by atoms with Crippen LogP contribution < -0.4 is 10.6 Å². The second-order valence-corrected chi connectivity index (χ2v) is 5.86. The molecule has 0 saturated carbocycles. The number of hydrogen-bond donors (Lipinski definition) is 3. The van der Waals surface area contributed by atoms with E-state index in [1.54, 1.807) is 10.9 Å².